The van der Waals surface area contributed by atoms with E-state index in [0.29, 0.717) is 12.1 Å². The van der Waals surface area contributed by atoms with Gasteiger partial charge in [0.25, 0.3) is 5.91 Å². The fraction of sp³-hybridized carbons (Fsp3) is 0.154. The molecule has 20 heavy (non-hydrogen) atoms. The summed E-state index contributed by atoms with van der Waals surface area (Å²) in [6.07, 6.45) is 1.39. The molecule has 104 valence electrons. The van der Waals surface area contributed by atoms with Gasteiger partial charge in [-0.3, -0.25) is 9.78 Å². The van der Waals surface area contributed by atoms with Gasteiger partial charge in [0.2, 0.25) is 0 Å². The average Bonchev–Trinajstić information content (AvgIpc) is 2.89. The molecule has 2 aromatic heterocycles. The number of thiophene rings is 1. The zero-order valence-corrected chi connectivity index (χ0v) is 11.6. The number of nitrogens with two attached hydrogens (primary N) is 1. The number of pyridine rings is 1. The first kappa shape index (κ1) is 14.0. The molecule has 0 aliphatic carbocycles. The van der Waals surface area contributed by atoms with Gasteiger partial charge in [0.05, 0.1) is 6.54 Å². The molecule has 0 aromatic carbocycles. The van der Waals surface area contributed by atoms with E-state index in [0.717, 1.165) is 10.4 Å². The molecule has 0 saturated carbocycles. The van der Waals surface area contributed by atoms with E-state index in [9.17, 15) is 4.79 Å². The van der Waals surface area contributed by atoms with Gasteiger partial charge in [-0.15, -0.1) is 11.3 Å². The van der Waals surface area contributed by atoms with Gasteiger partial charge >= 0.3 is 0 Å². The minimum atomic E-state index is -0.260. The number of nitrogens with zero attached hydrogens (tertiary/aromatic N) is 2. The number of aromatic nitrogens is 1. The topological polar surface area (TPSA) is 101 Å². The number of amides is 1. The summed E-state index contributed by atoms with van der Waals surface area (Å²) in [5.74, 6) is -0.303. The van der Waals surface area contributed by atoms with E-state index in [4.69, 9.17) is 10.9 Å². The molecule has 0 unspecified atom stereocenters. The highest BCUT2D eigenvalue weighted by Crippen LogP contribution is 2.14. The molecule has 0 aliphatic heterocycles. The molecular weight excluding hydrogens is 276 g/mol. The number of aryl methyl sites for hydroxylation is 1. The van der Waals surface area contributed by atoms with Gasteiger partial charge in [0.1, 0.15) is 5.69 Å². The van der Waals surface area contributed by atoms with E-state index < -0.39 is 0 Å². The summed E-state index contributed by atoms with van der Waals surface area (Å²) in [6, 6.07) is 5.12. The molecular formula is C13H14N4O2S. The smallest absolute Gasteiger partial charge is 0.270 e. The molecule has 4 N–H and O–H groups in total. The van der Waals surface area contributed by atoms with Crippen LogP contribution < -0.4 is 11.1 Å². The van der Waals surface area contributed by atoms with Crippen molar-refractivity contribution in [2.45, 2.75) is 13.5 Å². The van der Waals surface area contributed by atoms with Crippen molar-refractivity contribution in [1.29, 1.82) is 0 Å². The van der Waals surface area contributed by atoms with Crippen molar-refractivity contribution in [2.75, 3.05) is 0 Å². The predicted molar refractivity (Wildman–Crippen MR) is 77.0 cm³/mol. The van der Waals surface area contributed by atoms with Crippen LogP contribution in [0.4, 0.5) is 0 Å². The summed E-state index contributed by atoms with van der Waals surface area (Å²) in [5.41, 5.74) is 7.32. The first-order chi connectivity index (χ1) is 9.61. The van der Waals surface area contributed by atoms with Crippen molar-refractivity contribution >= 4 is 23.1 Å². The monoisotopic (exact) mass is 290 g/mol. The van der Waals surface area contributed by atoms with E-state index in [1.807, 2.05) is 18.4 Å². The van der Waals surface area contributed by atoms with Crippen LogP contribution in [0.25, 0.3) is 0 Å². The molecule has 6 nitrogen and oxygen atoms in total. The summed E-state index contributed by atoms with van der Waals surface area (Å²) >= 11 is 1.60. The summed E-state index contributed by atoms with van der Waals surface area (Å²) in [7, 11) is 0. The average molecular weight is 290 g/mol. The number of amidine groups is 1. The van der Waals surface area contributed by atoms with Gasteiger partial charge in [0.15, 0.2) is 5.84 Å². The lowest BCUT2D eigenvalue weighted by atomic mass is 10.2. The molecule has 0 bridgehead atoms. The molecule has 0 aliphatic rings. The van der Waals surface area contributed by atoms with Crippen molar-refractivity contribution < 1.29 is 10.0 Å². The highest BCUT2D eigenvalue weighted by molar-refractivity contribution is 7.10. The van der Waals surface area contributed by atoms with Crippen LogP contribution in [0.5, 0.6) is 0 Å². The van der Waals surface area contributed by atoms with Gasteiger partial charge in [-0.1, -0.05) is 5.16 Å². The van der Waals surface area contributed by atoms with Crippen LogP contribution in [0.3, 0.4) is 0 Å². The first-order valence-electron chi connectivity index (χ1n) is 5.87. The normalized spacial score (nSPS) is 11.3. The number of rotatable bonds is 4. The molecule has 2 heterocycles. The van der Waals surface area contributed by atoms with Crippen molar-refractivity contribution in [3.63, 3.8) is 0 Å². The summed E-state index contributed by atoms with van der Waals surface area (Å²) < 4.78 is 0. The lowest BCUT2D eigenvalue weighted by Gasteiger charge is -2.05. The molecule has 0 spiro atoms. The molecule has 2 rings (SSSR count). The third-order valence-electron chi connectivity index (χ3n) is 2.78. The zero-order valence-electron chi connectivity index (χ0n) is 10.8. The molecule has 0 saturated heterocycles. The Morgan fingerprint density at radius 2 is 2.30 bits per heavy atom. The molecule has 1 amide bonds. The Kier molecular flexibility index (Phi) is 4.31. The second-order valence-corrected chi connectivity index (χ2v) is 5.13. The summed E-state index contributed by atoms with van der Waals surface area (Å²) in [6.45, 7) is 2.48. The van der Waals surface area contributed by atoms with E-state index in [1.165, 1.54) is 12.3 Å². The number of carbonyl (C=O) groups excluding carboxylic acids is 1. The minimum absolute atomic E-state index is 0.0429. The molecule has 0 radical (unpaired) electrons. The van der Waals surface area contributed by atoms with E-state index in [-0.39, 0.29) is 17.4 Å². The number of oxime groups is 1. The maximum atomic E-state index is 11.9. The Labute approximate surface area is 120 Å². The van der Waals surface area contributed by atoms with Crippen molar-refractivity contribution in [3.8, 4) is 0 Å². The standard InChI is InChI=1S/C13H14N4O2S/c1-8-4-5-20-11(8)7-16-13(18)10-3-2-9(6-15-10)12(14)17-19/h2-6,19H,7H2,1H3,(H2,14,17)(H,16,18). The Morgan fingerprint density at radius 3 is 2.85 bits per heavy atom. The Hall–Kier alpha value is -2.41. The van der Waals surface area contributed by atoms with Crippen molar-refractivity contribution in [3.05, 3.63) is 51.5 Å². The second kappa shape index (κ2) is 6.16. The largest absolute Gasteiger partial charge is 0.409 e. The SMILES string of the molecule is Cc1ccsc1CNC(=O)c1ccc(/C(N)=N/O)cn1. The maximum absolute atomic E-state index is 11.9. The zero-order chi connectivity index (χ0) is 14.5. The minimum Gasteiger partial charge on any atom is -0.409 e. The molecule has 0 fully saturated rings. The van der Waals surface area contributed by atoms with Crippen LogP contribution in [-0.2, 0) is 6.54 Å². The number of nitrogens with one attached hydrogen (secondary N) is 1. The van der Waals surface area contributed by atoms with Gasteiger partial charge in [-0.05, 0) is 36.1 Å². The fourth-order valence-corrected chi connectivity index (χ4v) is 2.42. The molecule has 2 aromatic rings. The van der Waals surface area contributed by atoms with E-state index in [1.54, 1.807) is 17.4 Å². The fourth-order valence-electron chi connectivity index (χ4n) is 1.57. The Balaban J connectivity index is 2.01. The summed E-state index contributed by atoms with van der Waals surface area (Å²) in [4.78, 5) is 17.0. The summed E-state index contributed by atoms with van der Waals surface area (Å²) in [5, 5.41) is 16.2. The third kappa shape index (κ3) is 3.12. The van der Waals surface area contributed by atoms with Crippen LogP contribution >= 0.6 is 11.3 Å². The number of hydrogen-bond acceptors (Lipinski definition) is 5. The lowest BCUT2D eigenvalue weighted by molar-refractivity contribution is 0.0946. The van der Waals surface area contributed by atoms with Crippen molar-refractivity contribution in [2.24, 2.45) is 10.9 Å². The Morgan fingerprint density at radius 1 is 1.50 bits per heavy atom. The number of hydrogen-bond donors (Lipinski definition) is 3. The quantitative estimate of drug-likeness (QED) is 0.343. The van der Waals surface area contributed by atoms with Gasteiger partial charge in [0, 0.05) is 16.6 Å². The van der Waals surface area contributed by atoms with Crippen LogP contribution in [0.15, 0.2) is 34.9 Å². The van der Waals surface area contributed by atoms with Crippen LogP contribution in [-0.4, -0.2) is 21.9 Å². The molecule has 7 heteroatoms. The third-order valence-corrected chi connectivity index (χ3v) is 3.80. The number of carbonyl (C=O) groups is 1. The second-order valence-electron chi connectivity index (χ2n) is 4.13. The van der Waals surface area contributed by atoms with Crippen molar-refractivity contribution in [1.82, 2.24) is 10.3 Å². The molecule has 0 atom stereocenters. The van der Waals surface area contributed by atoms with E-state index in [2.05, 4.69) is 15.5 Å². The highest BCUT2D eigenvalue weighted by atomic mass is 32.1. The lowest BCUT2D eigenvalue weighted by Crippen LogP contribution is -2.24. The van der Waals surface area contributed by atoms with Gasteiger partial charge in [-0.2, -0.15) is 0 Å². The Bertz CT molecular complexity index is 634. The van der Waals surface area contributed by atoms with Crippen LogP contribution in [0.2, 0.25) is 0 Å². The first-order valence-corrected chi connectivity index (χ1v) is 6.75. The maximum Gasteiger partial charge on any atom is 0.270 e. The van der Waals surface area contributed by atoms with Gasteiger partial charge < -0.3 is 16.3 Å². The highest BCUT2D eigenvalue weighted by Gasteiger charge is 2.09. The van der Waals surface area contributed by atoms with Crippen LogP contribution in [0, 0.1) is 6.92 Å². The van der Waals surface area contributed by atoms with E-state index >= 15 is 0 Å². The van der Waals surface area contributed by atoms with Gasteiger partial charge in [-0.25, -0.2) is 0 Å². The van der Waals surface area contributed by atoms with Crippen LogP contribution in [0.1, 0.15) is 26.5 Å². The predicted octanol–water partition coefficient (Wildman–Crippen LogP) is 1.48.